The Bertz CT molecular complexity index is 354. The molecule has 2 fully saturated rings. The van der Waals surface area contributed by atoms with E-state index in [0.717, 1.165) is 12.8 Å². The number of likely N-dealkylation sites (tertiary alicyclic amines) is 2. The number of ether oxygens (including phenoxy) is 1. The Balaban J connectivity index is 1.97. The van der Waals surface area contributed by atoms with Crippen LogP contribution >= 0.6 is 0 Å². The number of hydrogen-bond acceptors (Lipinski definition) is 4. The van der Waals surface area contributed by atoms with E-state index in [4.69, 9.17) is 9.84 Å². The van der Waals surface area contributed by atoms with Gasteiger partial charge in [0.25, 0.3) is 0 Å². The molecule has 2 aliphatic heterocycles. The SMILES string of the molecule is COC1CCN(C(=O)N2C[C@H](O)C[C@@H]2C(=O)O)CC1. The van der Waals surface area contributed by atoms with E-state index in [0.29, 0.717) is 13.1 Å². The monoisotopic (exact) mass is 272 g/mol. The van der Waals surface area contributed by atoms with Crippen LogP contribution in [0.15, 0.2) is 0 Å². The van der Waals surface area contributed by atoms with E-state index in [1.807, 2.05) is 0 Å². The number of β-amino-alcohol motifs (C(OH)–C–C–N with tert-alkyl or cyclic N) is 1. The number of carbonyl (C=O) groups excluding carboxylic acids is 1. The molecule has 0 aromatic heterocycles. The summed E-state index contributed by atoms with van der Waals surface area (Å²) >= 11 is 0. The van der Waals surface area contributed by atoms with Gasteiger partial charge in [-0.25, -0.2) is 9.59 Å². The Morgan fingerprint density at radius 3 is 2.42 bits per heavy atom. The van der Waals surface area contributed by atoms with Crippen LogP contribution in [0.3, 0.4) is 0 Å². The Labute approximate surface area is 111 Å². The van der Waals surface area contributed by atoms with Gasteiger partial charge in [0, 0.05) is 33.2 Å². The first-order valence-electron chi connectivity index (χ1n) is 6.52. The highest BCUT2D eigenvalue weighted by molar-refractivity contribution is 5.83. The van der Waals surface area contributed by atoms with Gasteiger partial charge in [-0.2, -0.15) is 0 Å². The maximum Gasteiger partial charge on any atom is 0.326 e. The molecule has 0 aromatic rings. The van der Waals surface area contributed by atoms with Crippen molar-refractivity contribution in [2.45, 2.75) is 37.5 Å². The van der Waals surface area contributed by atoms with Crippen molar-refractivity contribution in [3.63, 3.8) is 0 Å². The molecule has 0 spiro atoms. The van der Waals surface area contributed by atoms with Crippen molar-refractivity contribution in [1.29, 1.82) is 0 Å². The van der Waals surface area contributed by atoms with Gasteiger partial charge in [-0.3, -0.25) is 0 Å². The van der Waals surface area contributed by atoms with Crippen LogP contribution in [0.5, 0.6) is 0 Å². The minimum atomic E-state index is -1.06. The van der Waals surface area contributed by atoms with Crippen LogP contribution in [-0.4, -0.2) is 77.0 Å². The molecule has 2 amide bonds. The fourth-order valence-corrected chi connectivity index (χ4v) is 2.72. The molecule has 0 unspecified atom stereocenters. The van der Waals surface area contributed by atoms with Gasteiger partial charge in [0.1, 0.15) is 6.04 Å². The lowest BCUT2D eigenvalue weighted by molar-refractivity contribution is -0.141. The minimum Gasteiger partial charge on any atom is -0.480 e. The average Bonchev–Trinajstić information content (AvgIpc) is 2.80. The summed E-state index contributed by atoms with van der Waals surface area (Å²) in [6, 6.07) is -1.21. The number of carbonyl (C=O) groups is 2. The largest absolute Gasteiger partial charge is 0.480 e. The molecule has 0 aliphatic carbocycles. The molecular weight excluding hydrogens is 252 g/mol. The van der Waals surface area contributed by atoms with Gasteiger partial charge in [-0.15, -0.1) is 0 Å². The summed E-state index contributed by atoms with van der Waals surface area (Å²) in [5.41, 5.74) is 0. The molecule has 2 aliphatic rings. The second kappa shape index (κ2) is 5.75. The number of amides is 2. The van der Waals surface area contributed by atoms with Crippen LogP contribution in [0, 0.1) is 0 Å². The van der Waals surface area contributed by atoms with E-state index in [1.54, 1.807) is 12.0 Å². The summed E-state index contributed by atoms with van der Waals surface area (Å²) < 4.78 is 5.24. The Hall–Kier alpha value is -1.34. The highest BCUT2D eigenvalue weighted by Gasteiger charge is 2.41. The third kappa shape index (κ3) is 2.98. The van der Waals surface area contributed by atoms with Gasteiger partial charge >= 0.3 is 12.0 Å². The molecule has 2 N–H and O–H groups in total. The number of aliphatic hydroxyl groups is 1. The standard InChI is InChI=1S/C12H20N2O5/c1-19-9-2-4-13(5-3-9)12(18)14-7-8(15)6-10(14)11(16)17/h8-10,15H,2-7H2,1H3,(H,16,17)/t8-,10-/m1/s1. The van der Waals surface area contributed by atoms with Crippen molar-refractivity contribution >= 4 is 12.0 Å². The summed E-state index contributed by atoms with van der Waals surface area (Å²) in [5, 5.41) is 18.6. The number of nitrogens with zero attached hydrogens (tertiary/aromatic N) is 2. The topological polar surface area (TPSA) is 90.3 Å². The van der Waals surface area contributed by atoms with E-state index < -0.39 is 18.1 Å². The number of piperidine rings is 1. The predicted molar refractivity (Wildman–Crippen MR) is 65.8 cm³/mol. The molecule has 2 heterocycles. The lowest BCUT2D eigenvalue weighted by atomic mass is 10.1. The summed E-state index contributed by atoms with van der Waals surface area (Å²) in [4.78, 5) is 26.3. The molecule has 7 nitrogen and oxygen atoms in total. The van der Waals surface area contributed by atoms with E-state index in [1.165, 1.54) is 4.90 Å². The predicted octanol–water partition coefficient (Wildman–Crippen LogP) is -0.263. The number of rotatable bonds is 2. The summed E-state index contributed by atoms with van der Waals surface area (Å²) in [6.07, 6.45) is 1.05. The fourth-order valence-electron chi connectivity index (χ4n) is 2.72. The summed E-state index contributed by atoms with van der Waals surface area (Å²) in [5.74, 6) is -1.06. The lowest BCUT2D eigenvalue weighted by Gasteiger charge is -2.35. The Morgan fingerprint density at radius 2 is 1.89 bits per heavy atom. The molecule has 0 bridgehead atoms. The van der Waals surface area contributed by atoms with E-state index in [2.05, 4.69) is 0 Å². The molecule has 19 heavy (non-hydrogen) atoms. The smallest absolute Gasteiger partial charge is 0.326 e. The number of carboxylic acid groups (broad SMARTS) is 1. The zero-order valence-electron chi connectivity index (χ0n) is 11.0. The van der Waals surface area contributed by atoms with Gasteiger partial charge in [0.15, 0.2) is 0 Å². The zero-order valence-corrected chi connectivity index (χ0v) is 11.0. The third-order valence-corrected chi connectivity index (χ3v) is 3.86. The first kappa shape index (κ1) is 14.1. The number of carboxylic acids is 1. The van der Waals surface area contributed by atoms with Crippen molar-refractivity contribution in [2.75, 3.05) is 26.7 Å². The van der Waals surface area contributed by atoms with E-state index >= 15 is 0 Å². The molecule has 2 saturated heterocycles. The quantitative estimate of drug-likeness (QED) is 0.722. The number of urea groups is 1. The summed E-state index contributed by atoms with van der Waals surface area (Å²) in [7, 11) is 1.65. The van der Waals surface area contributed by atoms with Gasteiger partial charge in [-0.05, 0) is 12.8 Å². The third-order valence-electron chi connectivity index (χ3n) is 3.86. The second-order valence-corrected chi connectivity index (χ2v) is 5.10. The van der Waals surface area contributed by atoms with Crippen molar-refractivity contribution in [2.24, 2.45) is 0 Å². The molecule has 7 heteroatoms. The van der Waals surface area contributed by atoms with Gasteiger partial charge in [0.05, 0.1) is 12.2 Å². The van der Waals surface area contributed by atoms with Crippen LogP contribution < -0.4 is 0 Å². The van der Waals surface area contributed by atoms with Crippen LogP contribution in [0.25, 0.3) is 0 Å². The first-order chi connectivity index (χ1) is 9.02. The molecule has 0 aromatic carbocycles. The maximum absolute atomic E-state index is 12.3. The van der Waals surface area contributed by atoms with Crippen molar-refractivity contribution < 1.29 is 24.5 Å². The van der Waals surface area contributed by atoms with E-state index in [-0.39, 0.29) is 25.1 Å². The minimum absolute atomic E-state index is 0.0972. The van der Waals surface area contributed by atoms with Crippen molar-refractivity contribution in [3.8, 4) is 0 Å². The molecule has 2 rings (SSSR count). The molecule has 0 saturated carbocycles. The highest BCUT2D eigenvalue weighted by Crippen LogP contribution is 2.22. The summed E-state index contributed by atoms with van der Waals surface area (Å²) in [6.45, 7) is 1.23. The first-order valence-corrected chi connectivity index (χ1v) is 6.52. The van der Waals surface area contributed by atoms with Gasteiger partial charge in [-0.1, -0.05) is 0 Å². The van der Waals surface area contributed by atoms with Gasteiger partial charge in [0.2, 0.25) is 0 Å². The van der Waals surface area contributed by atoms with Crippen LogP contribution in [0.1, 0.15) is 19.3 Å². The number of aliphatic hydroxyl groups excluding tert-OH is 1. The molecule has 0 radical (unpaired) electrons. The fraction of sp³-hybridized carbons (Fsp3) is 0.833. The highest BCUT2D eigenvalue weighted by atomic mass is 16.5. The zero-order chi connectivity index (χ0) is 14.0. The Kier molecular flexibility index (Phi) is 4.26. The lowest BCUT2D eigenvalue weighted by Crippen LogP contribution is -2.51. The molecule has 108 valence electrons. The maximum atomic E-state index is 12.3. The molecule has 2 atom stereocenters. The normalized spacial score (nSPS) is 28.7. The van der Waals surface area contributed by atoms with Crippen LogP contribution in [0.2, 0.25) is 0 Å². The van der Waals surface area contributed by atoms with Crippen molar-refractivity contribution in [3.05, 3.63) is 0 Å². The Morgan fingerprint density at radius 1 is 1.26 bits per heavy atom. The van der Waals surface area contributed by atoms with E-state index in [9.17, 15) is 14.7 Å². The second-order valence-electron chi connectivity index (χ2n) is 5.10. The number of aliphatic carboxylic acids is 1. The number of hydrogen-bond donors (Lipinski definition) is 2. The van der Waals surface area contributed by atoms with Crippen molar-refractivity contribution in [1.82, 2.24) is 9.80 Å². The van der Waals surface area contributed by atoms with Crippen LogP contribution in [0.4, 0.5) is 4.79 Å². The van der Waals surface area contributed by atoms with Gasteiger partial charge < -0.3 is 24.7 Å². The number of methoxy groups -OCH3 is 1. The molecular formula is C12H20N2O5. The van der Waals surface area contributed by atoms with Crippen LogP contribution in [-0.2, 0) is 9.53 Å². The average molecular weight is 272 g/mol.